The molecule has 0 heterocycles. The molecule has 6 nitrogen and oxygen atoms in total. The lowest BCUT2D eigenvalue weighted by atomic mass is 10.1. The van der Waals surface area contributed by atoms with E-state index in [1.165, 1.54) is 4.90 Å². The zero-order valence-electron chi connectivity index (χ0n) is 17.7. The highest BCUT2D eigenvalue weighted by atomic mass is 16.5. The van der Waals surface area contributed by atoms with E-state index in [0.717, 1.165) is 5.56 Å². The molecular weight excluding hydrogens is 370 g/mol. The lowest BCUT2D eigenvalue weighted by Gasteiger charge is -2.10. The number of ether oxygens (including phenoxy) is 2. The molecule has 2 unspecified atom stereocenters. The number of hydrogen-bond donors (Lipinski definition) is 2. The molecule has 0 spiro atoms. The molecule has 1 aromatic carbocycles. The third-order valence-corrected chi connectivity index (χ3v) is 4.33. The number of amides is 1. The molecule has 0 fully saturated rings. The van der Waals surface area contributed by atoms with Gasteiger partial charge in [-0.25, -0.2) is 0 Å². The molecule has 1 rings (SSSR count). The van der Waals surface area contributed by atoms with Gasteiger partial charge < -0.3 is 24.6 Å². The largest absolute Gasteiger partial charge is 0.493 e. The van der Waals surface area contributed by atoms with Gasteiger partial charge in [-0.05, 0) is 37.0 Å². The molecule has 0 saturated heterocycles. The Balaban J connectivity index is 2.35. The van der Waals surface area contributed by atoms with Crippen molar-refractivity contribution in [2.45, 2.75) is 37.9 Å². The third kappa shape index (κ3) is 9.96. The second kappa shape index (κ2) is 13.6. The van der Waals surface area contributed by atoms with E-state index in [1.54, 1.807) is 64.8 Å². The van der Waals surface area contributed by atoms with Crippen molar-refractivity contribution in [2.75, 3.05) is 28.3 Å². The van der Waals surface area contributed by atoms with E-state index in [4.69, 9.17) is 9.47 Å². The number of carbonyl (C=O) groups is 1. The Kier molecular flexibility index (Phi) is 11.5. The van der Waals surface area contributed by atoms with Crippen LogP contribution in [-0.4, -0.2) is 61.5 Å². The number of hydrogen-bond acceptors (Lipinski definition) is 5. The van der Waals surface area contributed by atoms with Crippen LogP contribution in [0.1, 0.15) is 24.8 Å². The summed E-state index contributed by atoms with van der Waals surface area (Å²) in [7, 11) is 6.59. The van der Waals surface area contributed by atoms with Crippen molar-refractivity contribution in [2.24, 2.45) is 0 Å². The van der Waals surface area contributed by atoms with Gasteiger partial charge in [0, 0.05) is 20.5 Å². The average Bonchev–Trinajstić information content (AvgIpc) is 2.72. The highest BCUT2D eigenvalue weighted by molar-refractivity contribution is 5.75. The Hall–Kier alpha value is -2.57. The van der Waals surface area contributed by atoms with Crippen LogP contribution in [0.25, 0.3) is 0 Å². The molecule has 1 aromatic rings. The van der Waals surface area contributed by atoms with Crippen molar-refractivity contribution in [3.05, 3.63) is 60.2 Å². The Morgan fingerprint density at radius 2 is 1.55 bits per heavy atom. The first-order valence-electron chi connectivity index (χ1n) is 9.66. The number of benzene rings is 1. The zero-order chi connectivity index (χ0) is 21.6. The van der Waals surface area contributed by atoms with Crippen molar-refractivity contribution in [1.29, 1.82) is 0 Å². The number of aryl methyl sites for hydroxylation is 1. The van der Waals surface area contributed by atoms with Gasteiger partial charge in [0.15, 0.2) is 11.5 Å². The van der Waals surface area contributed by atoms with Crippen LogP contribution in [-0.2, 0) is 11.2 Å². The minimum atomic E-state index is -0.653. The summed E-state index contributed by atoms with van der Waals surface area (Å²) in [6.07, 6.45) is 11.2. The first kappa shape index (κ1) is 24.5. The summed E-state index contributed by atoms with van der Waals surface area (Å²) in [6.45, 7) is 0. The van der Waals surface area contributed by atoms with E-state index in [1.807, 2.05) is 18.2 Å². The lowest BCUT2D eigenvalue weighted by molar-refractivity contribution is -0.129. The molecule has 0 aliphatic rings. The number of methoxy groups -OCH3 is 2. The number of allylic oxidation sites excluding steroid dienone is 4. The topological polar surface area (TPSA) is 79.2 Å². The number of aliphatic hydroxyl groups excluding tert-OH is 2. The molecular formula is C23H33NO5. The van der Waals surface area contributed by atoms with Gasteiger partial charge in [-0.3, -0.25) is 4.79 Å². The number of aliphatic hydroxyl groups is 2. The summed E-state index contributed by atoms with van der Waals surface area (Å²) in [5, 5.41) is 19.9. The van der Waals surface area contributed by atoms with Gasteiger partial charge in [-0.15, -0.1) is 0 Å². The Labute approximate surface area is 173 Å². The average molecular weight is 404 g/mol. The van der Waals surface area contributed by atoms with Crippen LogP contribution < -0.4 is 9.47 Å². The van der Waals surface area contributed by atoms with Gasteiger partial charge in [0.2, 0.25) is 5.91 Å². The van der Waals surface area contributed by atoms with Gasteiger partial charge in [0.25, 0.3) is 0 Å². The molecule has 0 radical (unpaired) electrons. The van der Waals surface area contributed by atoms with Crippen molar-refractivity contribution >= 4 is 5.91 Å². The van der Waals surface area contributed by atoms with E-state index >= 15 is 0 Å². The molecule has 1 amide bonds. The van der Waals surface area contributed by atoms with Gasteiger partial charge in [-0.1, -0.05) is 42.5 Å². The fraction of sp³-hybridized carbons (Fsp3) is 0.435. The maximum Gasteiger partial charge on any atom is 0.222 e. The van der Waals surface area contributed by atoms with Crippen LogP contribution in [0, 0.1) is 0 Å². The van der Waals surface area contributed by atoms with Crippen LogP contribution in [0.2, 0.25) is 0 Å². The van der Waals surface area contributed by atoms with Crippen molar-refractivity contribution in [3.8, 4) is 11.5 Å². The fourth-order valence-corrected chi connectivity index (χ4v) is 2.55. The van der Waals surface area contributed by atoms with E-state index < -0.39 is 12.2 Å². The summed E-state index contributed by atoms with van der Waals surface area (Å²) < 4.78 is 10.5. The molecule has 0 saturated carbocycles. The summed E-state index contributed by atoms with van der Waals surface area (Å²) in [5.74, 6) is 1.36. The smallest absolute Gasteiger partial charge is 0.222 e. The minimum absolute atomic E-state index is 0.00185. The van der Waals surface area contributed by atoms with Crippen LogP contribution in [0.4, 0.5) is 0 Å². The monoisotopic (exact) mass is 403 g/mol. The van der Waals surface area contributed by atoms with Crippen molar-refractivity contribution < 1.29 is 24.5 Å². The Morgan fingerprint density at radius 3 is 2.10 bits per heavy atom. The first-order valence-corrected chi connectivity index (χ1v) is 9.66. The molecule has 2 atom stereocenters. The van der Waals surface area contributed by atoms with Gasteiger partial charge >= 0.3 is 0 Å². The predicted octanol–water partition coefficient (Wildman–Crippen LogP) is 2.90. The SMILES string of the molecule is COc1ccc(CCC(O)C=CC=CC=CC(O)CCC(=O)N(C)C)cc1OC. The van der Waals surface area contributed by atoms with Crippen LogP contribution in [0.5, 0.6) is 11.5 Å². The highest BCUT2D eigenvalue weighted by Gasteiger charge is 2.07. The van der Waals surface area contributed by atoms with Crippen LogP contribution in [0.3, 0.4) is 0 Å². The number of rotatable bonds is 12. The summed E-state index contributed by atoms with van der Waals surface area (Å²) in [4.78, 5) is 13.0. The van der Waals surface area contributed by atoms with Crippen LogP contribution >= 0.6 is 0 Å². The standard InChI is InChI=1S/C23H33NO5/c1-24(2)23(27)16-14-20(26)10-8-6-5-7-9-19(25)13-11-18-12-15-21(28-3)22(17-18)29-4/h5-10,12,15,17,19-20,25-26H,11,13-14,16H2,1-4H3. The predicted molar refractivity (Wildman–Crippen MR) is 115 cm³/mol. The van der Waals surface area contributed by atoms with E-state index in [9.17, 15) is 15.0 Å². The van der Waals surface area contributed by atoms with E-state index in [2.05, 4.69) is 0 Å². The second-order valence-electron chi connectivity index (χ2n) is 6.84. The third-order valence-electron chi connectivity index (χ3n) is 4.33. The lowest BCUT2D eigenvalue weighted by Crippen LogP contribution is -2.22. The molecule has 29 heavy (non-hydrogen) atoms. The Bertz CT molecular complexity index is 709. The zero-order valence-corrected chi connectivity index (χ0v) is 17.7. The maximum atomic E-state index is 11.5. The molecule has 0 bridgehead atoms. The first-order chi connectivity index (χ1) is 13.9. The van der Waals surface area contributed by atoms with Gasteiger partial charge in [0.05, 0.1) is 26.4 Å². The normalized spacial score (nSPS) is 13.9. The van der Waals surface area contributed by atoms with Crippen LogP contribution in [0.15, 0.2) is 54.7 Å². The molecule has 0 aliphatic carbocycles. The van der Waals surface area contributed by atoms with E-state index in [0.29, 0.717) is 37.2 Å². The molecule has 0 aliphatic heterocycles. The highest BCUT2D eigenvalue weighted by Crippen LogP contribution is 2.28. The maximum absolute atomic E-state index is 11.5. The Morgan fingerprint density at radius 1 is 0.966 bits per heavy atom. The number of carbonyl (C=O) groups excluding carboxylic acids is 1. The van der Waals surface area contributed by atoms with Gasteiger partial charge in [0.1, 0.15) is 0 Å². The van der Waals surface area contributed by atoms with E-state index in [-0.39, 0.29) is 5.91 Å². The van der Waals surface area contributed by atoms with Crippen molar-refractivity contribution in [3.63, 3.8) is 0 Å². The molecule has 0 aromatic heterocycles. The van der Waals surface area contributed by atoms with Gasteiger partial charge in [-0.2, -0.15) is 0 Å². The van der Waals surface area contributed by atoms with Crippen molar-refractivity contribution in [1.82, 2.24) is 4.90 Å². The summed E-state index contributed by atoms with van der Waals surface area (Å²) >= 11 is 0. The second-order valence-corrected chi connectivity index (χ2v) is 6.84. The summed E-state index contributed by atoms with van der Waals surface area (Å²) in [5.41, 5.74) is 1.07. The molecule has 2 N–H and O–H groups in total. The minimum Gasteiger partial charge on any atom is -0.493 e. The molecule has 6 heteroatoms. The fourth-order valence-electron chi connectivity index (χ4n) is 2.55. The number of nitrogens with zero attached hydrogens (tertiary/aromatic N) is 1. The molecule has 160 valence electrons. The summed E-state index contributed by atoms with van der Waals surface area (Å²) in [6, 6.07) is 5.73. The quantitative estimate of drug-likeness (QED) is 0.525.